The van der Waals surface area contributed by atoms with Gasteiger partial charge in [-0.25, -0.2) is 8.42 Å². The van der Waals surface area contributed by atoms with E-state index in [0.717, 1.165) is 12.0 Å². The molecule has 30 heavy (non-hydrogen) atoms. The number of ether oxygens (including phenoxy) is 1. The van der Waals surface area contributed by atoms with Gasteiger partial charge in [0.15, 0.2) is 11.5 Å². The fraction of sp³-hybridized carbons (Fsp3) is 0.429. The molecule has 0 spiro atoms. The van der Waals surface area contributed by atoms with Crippen molar-refractivity contribution in [2.45, 2.75) is 37.6 Å². The monoisotopic (exact) mass is 432 g/mol. The highest BCUT2D eigenvalue weighted by molar-refractivity contribution is 7.89. The summed E-state index contributed by atoms with van der Waals surface area (Å²) in [5, 5.41) is 2.78. The zero-order chi connectivity index (χ0) is 21.3. The van der Waals surface area contributed by atoms with Crippen molar-refractivity contribution in [1.82, 2.24) is 9.62 Å². The molecule has 1 amide bonds. The summed E-state index contributed by atoms with van der Waals surface area (Å²) in [4.78, 5) is 24.9. The van der Waals surface area contributed by atoms with Crippen molar-refractivity contribution in [3.63, 3.8) is 0 Å². The van der Waals surface area contributed by atoms with Gasteiger partial charge in [0.1, 0.15) is 5.76 Å². The van der Waals surface area contributed by atoms with Crippen LogP contribution in [0.3, 0.4) is 0 Å². The molecule has 0 radical (unpaired) electrons. The minimum atomic E-state index is -3.55. The van der Waals surface area contributed by atoms with E-state index in [1.54, 1.807) is 31.2 Å². The van der Waals surface area contributed by atoms with Gasteiger partial charge in [0.05, 0.1) is 23.7 Å². The molecule has 0 unspecified atom stereocenters. The van der Waals surface area contributed by atoms with Gasteiger partial charge >= 0.3 is 0 Å². The Balaban J connectivity index is 1.42. The van der Waals surface area contributed by atoms with Gasteiger partial charge in [0, 0.05) is 38.0 Å². The van der Waals surface area contributed by atoms with Crippen molar-refractivity contribution < 1.29 is 27.2 Å². The Hall–Kier alpha value is -2.49. The van der Waals surface area contributed by atoms with Gasteiger partial charge in [-0.05, 0) is 31.0 Å². The number of Topliss-reactive ketones (excluding diaryl/α,β-unsaturated/α-hetero) is 1. The SMILES string of the molecule is Cc1c(C(=O)NCc2ccc(S(=O)(=O)N3CCOCC3)cc2)oc2c1C(=O)CCC2. The van der Waals surface area contributed by atoms with Crippen molar-refractivity contribution >= 4 is 21.7 Å². The first-order chi connectivity index (χ1) is 14.4. The fourth-order valence-electron chi connectivity index (χ4n) is 3.84. The summed E-state index contributed by atoms with van der Waals surface area (Å²) in [6.45, 7) is 3.42. The van der Waals surface area contributed by atoms with E-state index in [-0.39, 0.29) is 28.9 Å². The van der Waals surface area contributed by atoms with Crippen LogP contribution in [0.4, 0.5) is 0 Å². The lowest BCUT2D eigenvalue weighted by molar-refractivity contribution is 0.0730. The summed E-state index contributed by atoms with van der Waals surface area (Å²) in [6.07, 6.45) is 1.88. The molecular weight excluding hydrogens is 408 g/mol. The molecule has 2 aromatic rings. The zero-order valence-electron chi connectivity index (χ0n) is 16.8. The van der Waals surface area contributed by atoms with Crippen molar-refractivity contribution in [2.24, 2.45) is 0 Å². The van der Waals surface area contributed by atoms with Gasteiger partial charge in [-0.15, -0.1) is 0 Å². The molecule has 4 rings (SSSR count). The molecule has 1 aromatic heterocycles. The lowest BCUT2D eigenvalue weighted by atomic mass is 9.94. The second kappa shape index (κ2) is 8.33. The number of furan rings is 1. The Bertz CT molecular complexity index is 1070. The third kappa shape index (κ3) is 3.92. The minimum absolute atomic E-state index is 0.0219. The van der Waals surface area contributed by atoms with E-state index in [2.05, 4.69) is 5.32 Å². The van der Waals surface area contributed by atoms with Crippen molar-refractivity contribution in [3.05, 3.63) is 52.5 Å². The first-order valence-corrected chi connectivity index (χ1v) is 11.4. The van der Waals surface area contributed by atoms with E-state index in [1.807, 2.05) is 0 Å². The van der Waals surface area contributed by atoms with E-state index >= 15 is 0 Å². The molecule has 160 valence electrons. The van der Waals surface area contributed by atoms with Crippen molar-refractivity contribution in [1.29, 1.82) is 0 Å². The Labute approximate surface area is 175 Å². The summed E-state index contributed by atoms with van der Waals surface area (Å²) in [6, 6.07) is 6.44. The van der Waals surface area contributed by atoms with E-state index in [1.165, 1.54) is 4.31 Å². The van der Waals surface area contributed by atoms with Gasteiger partial charge in [-0.3, -0.25) is 9.59 Å². The van der Waals surface area contributed by atoms with Crippen LogP contribution >= 0.6 is 0 Å². The Morgan fingerprint density at radius 3 is 2.50 bits per heavy atom. The van der Waals surface area contributed by atoms with Gasteiger partial charge < -0.3 is 14.5 Å². The van der Waals surface area contributed by atoms with Gasteiger partial charge in [-0.1, -0.05) is 12.1 Å². The number of amides is 1. The molecule has 2 aliphatic rings. The molecule has 8 nitrogen and oxygen atoms in total. The molecular formula is C21H24N2O6S. The maximum atomic E-state index is 12.7. The standard InChI is InChI=1S/C21H24N2O6S/c1-14-19-17(24)3-2-4-18(19)29-20(14)21(25)22-13-15-5-7-16(8-6-15)30(26,27)23-9-11-28-12-10-23/h5-8H,2-4,9-13H2,1H3,(H,22,25). The Kier molecular flexibility index (Phi) is 5.77. The quantitative estimate of drug-likeness (QED) is 0.775. The number of hydrogen-bond acceptors (Lipinski definition) is 6. The maximum Gasteiger partial charge on any atom is 0.287 e. The summed E-state index contributed by atoms with van der Waals surface area (Å²) < 4.78 is 37.6. The topological polar surface area (TPSA) is 106 Å². The molecule has 0 atom stereocenters. The summed E-state index contributed by atoms with van der Waals surface area (Å²) in [5.74, 6) is 0.390. The van der Waals surface area contributed by atoms with Gasteiger partial charge in [0.25, 0.3) is 5.91 Å². The number of hydrogen-bond donors (Lipinski definition) is 1. The van der Waals surface area contributed by atoms with Gasteiger partial charge in [-0.2, -0.15) is 4.31 Å². The molecule has 0 bridgehead atoms. The lowest BCUT2D eigenvalue weighted by Crippen LogP contribution is -2.40. The predicted molar refractivity (Wildman–Crippen MR) is 108 cm³/mol. The van der Waals surface area contributed by atoms with Crippen LogP contribution in [-0.2, 0) is 27.7 Å². The minimum Gasteiger partial charge on any atom is -0.455 e. The van der Waals surface area contributed by atoms with E-state index in [4.69, 9.17) is 9.15 Å². The summed E-state index contributed by atoms with van der Waals surface area (Å²) in [5.41, 5.74) is 1.89. The average molecular weight is 432 g/mol. The van der Waals surface area contributed by atoms with Gasteiger partial charge in [0.2, 0.25) is 10.0 Å². The molecule has 1 aliphatic heterocycles. The third-order valence-electron chi connectivity index (χ3n) is 5.50. The zero-order valence-corrected chi connectivity index (χ0v) is 17.6. The number of carbonyl (C=O) groups is 2. The molecule has 0 saturated carbocycles. The predicted octanol–water partition coefficient (Wildman–Crippen LogP) is 2.06. The lowest BCUT2D eigenvalue weighted by Gasteiger charge is -2.26. The van der Waals surface area contributed by atoms with Crippen LogP contribution in [0.2, 0.25) is 0 Å². The normalized spacial score (nSPS) is 17.6. The van der Waals surface area contributed by atoms with Crippen LogP contribution < -0.4 is 5.32 Å². The van der Waals surface area contributed by atoms with E-state index < -0.39 is 10.0 Å². The van der Waals surface area contributed by atoms with Crippen molar-refractivity contribution in [2.75, 3.05) is 26.3 Å². The van der Waals surface area contributed by atoms with E-state index in [9.17, 15) is 18.0 Å². The van der Waals surface area contributed by atoms with Crippen LogP contribution in [0, 0.1) is 6.92 Å². The number of rotatable bonds is 5. The number of nitrogens with one attached hydrogen (secondary N) is 1. The molecule has 1 N–H and O–H groups in total. The molecule has 1 aliphatic carbocycles. The van der Waals surface area contributed by atoms with E-state index in [0.29, 0.717) is 56.0 Å². The second-order valence-corrected chi connectivity index (χ2v) is 9.41. The number of ketones is 1. The third-order valence-corrected chi connectivity index (χ3v) is 7.41. The first-order valence-electron chi connectivity index (χ1n) is 9.98. The van der Waals surface area contributed by atoms with Crippen LogP contribution in [0.5, 0.6) is 0 Å². The molecule has 1 aromatic carbocycles. The summed E-state index contributed by atoms with van der Waals surface area (Å²) in [7, 11) is -3.55. The number of fused-ring (bicyclic) bond motifs is 1. The number of nitrogens with zero attached hydrogens (tertiary/aromatic N) is 1. The number of carbonyl (C=O) groups excluding carboxylic acids is 2. The maximum absolute atomic E-state index is 12.7. The number of sulfonamides is 1. The van der Waals surface area contributed by atoms with Crippen LogP contribution in [0.1, 0.15) is 50.6 Å². The highest BCUT2D eigenvalue weighted by atomic mass is 32.2. The Morgan fingerprint density at radius 2 is 1.83 bits per heavy atom. The van der Waals surface area contributed by atoms with Crippen LogP contribution in [0.25, 0.3) is 0 Å². The number of benzene rings is 1. The smallest absolute Gasteiger partial charge is 0.287 e. The van der Waals surface area contributed by atoms with Crippen LogP contribution in [0.15, 0.2) is 33.6 Å². The molecule has 1 fully saturated rings. The number of morpholine rings is 1. The van der Waals surface area contributed by atoms with Crippen molar-refractivity contribution in [3.8, 4) is 0 Å². The Morgan fingerprint density at radius 1 is 1.13 bits per heavy atom. The second-order valence-electron chi connectivity index (χ2n) is 7.47. The van der Waals surface area contributed by atoms with Crippen LogP contribution in [-0.4, -0.2) is 50.7 Å². The molecule has 1 saturated heterocycles. The summed E-state index contributed by atoms with van der Waals surface area (Å²) >= 11 is 0. The first kappa shape index (κ1) is 20.8. The highest BCUT2D eigenvalue weighted by Crippen LogP contribution is 2.29. The highest BCUT2D eigenvalue weighted by Gasteiger charge is 2.29. The average Bonchev–Trinajstić information content (AvgIpc) is 3.11. The number of aryl methyl sites for hydroxylation is 1. The largest absolute Gasteiger partial charge is 0.455 e. The fourth-order valence-corrected chi connectivity index (χ4v) is 5.25. The molecule has 2 heterocycles. The molecule has 9 heteroatoms.